The van der Waals surface area contributed by atoms with Crippen molar-refractivity contribution in [3.63, 3.8) is 0 Å². The Kier molecular flexibility index (Phi) is 3.24. The Morgan fingerprint density at radius 3 is 3.00 bits per heavy atom. The van der Waals surface area contributed by atoms with E-state index in [9.17, 15) is 9.18 Å². The molecule has 1 aromatic heterocycles. The number of carbonyl (C=O) groups excluding carboxylic acids is 1. The highest BCUT2D eigenvalue weighted by Gasteiger charge is 2.16. The van der Waals surface area contributed by atoms with Crippen molar-refractivity contribution in [2.24, 2.45) is 0 Å². The maximum absolute atomic E-state index is 13.0. The van der Waals surface area contributed by atoms with Gasteiger partial charge in [0, 0.05) is 17.0 Å². The largest absolute Gasteiger partial charge is 0.462 e. The Morgan fingerprint density at radius 1 is 1.53 bits per heavy atom. The van der Waals surface area contributed by atoms with Crippen molar-refractivity contribution in [1.82, 2.24) is 4.98 Å². The lowest BCUT2D eigenvalue weighted by molar-refractivity contribution is 0.0528. The third kappa shape index (κ3) is 2.22. The molecule has 0 aliphatic carbocycles. The summed E-state index contributed by atoms with van der Waals surface area (Å²) in [5.74, 6) is -0.946. The van der Waals surface area contributed by atoms with Crippen LogP contribution in [-0.4, -0.2) is 17.6 Å². The topological polar surface area (TPSA) is 39.2 Å². The number of pyridine rings is 1. The fourth-order valence-electron chi connectivity index (χ4n) is 1.57. The van der Waals surface area contributed by atoms with E-state index in [-0.39, 0.29) is 17.3 Å². The monoisotopic (exact) mass is 253 g/mol. The van der Waals surface area contributed by atoms with E-state index >= 15 is 0 Å². The summed E-state index contributed by atoms with van der Waals surface area (Å²) < 4.78 is 17.9. The van der Waals surface area contributed by atoms with Gasteiger partial charge in [-0.3, -0.25) is 0 Å². The fourth-order valence-corrected chi connectivity index (χ4v) is 1.80. The highest BCUT2D eigenvalue weighted by atomic mass is 35.5. The molecule has 2 rings (SSSR count). The molecule has 3 nitrogen and oxygen atoms in total. The molecular formula is C12H9ClFNO2. The highest BCUT2D eigenvalue weighted by Crippen LogP contribution is 2.25. The number of halogens is 2. The Bertz CT molecular complexity index is 586. The lowest BCUT2D eigenvalue weighted by Gasteiger charge is -2.07. The van der Waals surface area contributed by atoms with E-state index in [2.05, 4.69) is 4.98 Å². The summed E-state index contributed by atoms with van der Waals surface area (Å²) in [6.07, 6.45) is 1.42. The molecule has 0 spiro atoms. The van der Waals surface area contributed by atoms with Gasteiger partial charge in [-0.1, -0.05) is 17.7 Å². The van der Waals surface area contributed by atoms with Crippen molar-refractivity contribution >= 4 is 28.3 Å². The van der Waals surface area contributed by atoms with Crippen LogP contribution in [0.1, 0.15) is 17.3 Å². The molecule has 17 heavy (non-hydrogen) atoms. The minimum absolute atomic E-state index is 0.0579. The number of aromatic nitrogens is 1. The zero-order valence-electron chi connectivity index (χ0n) is 9.04. The van der Waals surface area contributed by atoms with Gasteiger partial charge in [0.1, 0.15) is 16.5 Å². The fraction of sp³-hybridized carbons (Fsp3) is 0.167. The standard InChI is InChI=1S/C12H9ClFNO2/c1-2-17-12(16)10-9-4-3-8(14)5-7(9)6-15-11(10)13/h3-6H,2H2,1H3. The number of ether oxygens (including phenoxy) is 1. The summed E-state index contributed by atoms with van der Waals surface area (Å²) in [6, 6.07) is 4.05. The SMILES string of the molecule is CCOC(=O)c1c(Cl)ncc2cc(F)ccc12. The van der Waals surface area contributed by atoms with E-state index in [1.807, 2.05) is 0 Å². The van der Waals surface area contributed by atoms with Crippen molar-refractivity contribution in [2.45, 2.75) is 6.92 Å². The summed E-state index contributed by atoms with van der Waals surface area (Å²) in [6.45, 7) is 1.94. The molecule has 0 radical (unpaired) electrons. The molecule has 0 saturated carbocycles. The molecule has 0 N–H and O–H groups in total. The molecule has 0 aliphatic rings. The van der Waals surface area contributed by atoms with Gasteiger partial charge in [0.25, 0.3) is 0 Å². The van der Waals surface area contributed by atoms with Crippen LogP contribution in [0.5, 0.6) is 0 Å². The van der Waals surface area contributed by atoms with E-state index in [0.29, 0.717) is 10.8 Å². The third-order valence-electron chi connectivity index (χ3n) is 2.29. The molecule has 88 valence electrons. The van der Waals surface area contributed by atoms with Crippen LogP contribution < -0.4 is 0 Å². The molecule has 0 amide bonds. The number of benzene rings is 1. The summed E-state index contributed by atoms with van der Waals surface area (Å²) >= 11 is 5.87. The van der Waals surface area contributed by atoms with Gasteiger partial charge in [0.15, 0.2) is 0 Å². The summed E-state index contributed by atoms with van der Waals surface area (Å²) in [4.78, 5) is 15.6. The number of carbonyl (C=O) groups is 1. The van der Waals surface area contributed by atoms with Crippen LogP contribution in [0.15, 0.2) is 24.4 Å². The van der Waals surface area contributed by atoms with Gasteiger partial charge in [0.05, 0.1) is 6.61 Å². The zero-order valence-corrected chi connectivity index (χ0v) is 9.79. The van der Waals surface area contributed by atoms with Crippen LogP contribution in [0, 0.1) is 5.82 Å². The second-order valence-corrected chi connectivity index (χ2v) is 3.73. The lowest BCUT2D eigenvalue weighted by Crippen LogP contribution is -2.07. The zero-order chi connectivity index (χ0) is 12.4. The first kappa shape index (κ1) is 11.8. The Morgan fingerprint density at radius 2 is 2.29 bits per heavy atom. The molecule has 1 heterocycles. The Hall–Kier alpha value is -1.68. The Labute approximate surface area is 102 Å². The van der Waals surface area contributed by atoms with Gasteiger partial charge in [-0.2, -0.15) is 0 Å². The van der Waals surface area contributed by atoms with Crippen molar-refractivity contribution in [2.75, 3.05) is 6.61 Å². The molecule has 5 heteroatoms. The molecular weight excluding hydrogens is 245 g/mol. The smallest absolute Gasteiger partial charge is 0.341 e. The van der Waals surface area contributed by atoms with Crippen LogP contribution in [0.2, 0.25) is 5.15 Å². The van der Waals surface area contributed by atoms with E-state index in [1.165, 1.54) is 24.4 Å². The average molecular weight is 254 g/mol. The number of nitrogens with zero attached hydrogens (tertiary/aromatic N) is 1. The van der Waals surface area contributed by atoms with Crippen LogP contribution in [0.25, 0.3) is 10.8 Å². The maximum Gasteiger partial charge on any atom is 0.341 e. The minimum Gasteiger partial charge on any atom is -0.462 e. The second kappa shape index (κ2) is 4.67. The number of fused-ring (bicyclic) bond motifs is 1. The van der Waals surface area contributed by atoms with Crippen molar-refractivity contribution in [1.29, 1.82) is 0 Å². The van der Waals surface area contributed by atoms with Crippen LogP contribution >= 0.6 is 11.6 Å². The van der Waals surface area contributed by atoms with Crippen LogP contribution in [0.3, 0.4) is 0 Å². The lowest BCUT2D eigenvalue weighted by atomic mass is 10.1. The number of rotatable bonds is 2. The van der Waals surface area contributed by atoms with E-state index in [0.717, 1.165) is 0 Å². The van der Waals surface area contributed by atoms with Gasteiger partial charge in [-0.25, -0.2) is 14.2 Å². The molecule has 0 saturated heterocycles. The van der Waals surface area contributed by atoms with Crippen LogP contribution in [-0.2, 0) is 4.74 Å². The number of esters is 1. The first-order valence-corrected chi connectivity index (χ1v) is 5.42. The number of hydrogen-bond acceptors (Lipinski definition) is 3. The summed E-state index contributed by atoms with van der Waals surface area (Å²) in [5.41, 5.74) is 0.172. The summed E-state index contributed by atoms with van der Waals surface area (Å²) in [5, 5.41) is 1.10. The number of hydrogen-bond donors (Lipinski definition) is 0. The molecule has 0 aliphatic heterocycles. The summed E-state index contributed by atoms with van der Waals surface area (Å²) in [7, 11) is 0. The maximum atomic E-state index is 13.0. The highest BCUT2D eigenvalue weighted by molar-refractivity contribution is 6.34. The quantitative estimate of drug-likeness (QED) is 0.609. The normalized spacial score (nSPS) is 10.5. The third-order valence-corrected chi connectivity index (χ3v) is 2.57. The molecule has 0 atom stereocenters. The van der Waals surface area contributed by atoms with E-state index in [4.69, 9.17) is 16.3 Å². The van der Waals surface area contributed by atoms with E-state index in [1.54, 1.807) is 6.92 Å². The molecule has 0 bridgehead atoms. The molecule has 0 unspecified atom stereocenters. The minimum atomic E-state index is -0.554. The Balaban J connectivity index is 2.67. The second-order valence-electron chi connectivity index (χ2n) is 3.38. The van der Waals surface area contributed by atoms with Crippen molar-refractivity contribution in [3.8, 4) is 0 Å². The van der Waals surface area contributed by atoms with Crippen molar-refractivity contribution in [3.05, 3.63) is 40.9 Å². The van der Waals surface area contributed by atoms with Crippen LogP contribution in [0.4, 0.5) is 4.39 Å². The van der Waals surface area contributed by atoms with Gasteiger partial charge in [-0.15, -0.1) is 0 Å². The molecule has 2 aromatic rings. The van der Waals surface area contributed by atoms with Gasteiger partial charge in [0.2, 0.25) is 0 Å². The average Bonchev–Trinajstić information content (AvgIpc) is 2.29. The molecule has 1 aromatic carbocycles. The van der Waals surface area contributed by atoms with Gasteiger partial charge < -0.3 is 4.74 Å². The van der Waals surface area contributed by atoms with E-state index < -0.39 is 11.8 Å². The first-order chi connectivity index (χ1) is 8.13. The predicted octanol–water partition coefficient (Wildman–Crippen LogP) is 3.20. The van der Waals surface area contributed by atoms with Crippen molar-refractivity contribution < 1.29 is 13.9 Å². The van der Waals surface area contributed by atoms with Gasteiger partial charge >= 0.3 is 5.97 Å². The predicted molar refractivity (Wildman–Crippen MR) is 62.7 cm³/mol. The first-order valence-electron chi connectivity index (χ1n) is 5.04. The van der Waals surface area contributed by atoms with Gasteiger partial charge in [-0.05, 0) is 19.1 Å². The molecule has 0 fully saturated rings.